The SMILES string of the molecule is NC1=NC=C(C=CC(O)O)CC1. The molecular formula is C8H12N2O2. The van der Waals surface area contributed by atoms with Crippen molar-refractivity contribution in [1.29, 1.82) is 0 Å². The largest absolute Gasteiger partial charge is 0.387 e. The van der Waals surface area contributed by atoms with Crippen LogP contribution in [-0.2, 0) is 0 Å². The number of allylic oxidation sites excluding steroid dienone is 2. The molecule has 0 radical (unpaired) electrons. The first-order valence-electron chi connectivity index (χ1n) is 3.74. The molecule has 0 spiro atoms. The minimum Gasteiger partial charge on any atom is -0.387 e. The normalized spacial score (nSPS) is 18.2. The van der Waals surface area contributed by atoms with Gasteiger partial charge in [0.15, 0.2) is 6.29 Å². The average molecular weight is 168 g/mol. The second kappa shape index (κ2) is 4.04. The van der Waals surface area contributed by atoms with E-state index >= 15 is 0 Å². The summed E-state index contributed by atoms with van der Waals surface area (Å²) in [6, 6.07) is 0. The Hall–Kier alpha value is -1.13. The molecule has 0 unspecified atom stereocenters. The van der Waals surface area contributed by atoms with Crippen molar-refractivity contribution >= 4 is 5.84 Å². The van der Waals surface area contributed by atoms with Crippen LogP contribution in [0.1, 0.15) is 12.8 Å². The van der Waals surface area contributed by atoms with Gasteiger partial charge in [0.2, 0.25) is 0 Å². The fourth-order valence-electron chi connectivity index (χ4n) is 0.903. The molecule has 0 aromatic heterocycles. The fourth-order valence-corrected chi connectivity index (χ4v) is 0.903. The van der Waals surface area contributed by atoms with Crippen molar-refractivity contribution in [3.8, 4) is 0 Å². The van der Waals surface area contributed by atoms with Gasteiger partial charge in [0.25, 0.3) is 0 Å². The molecule has 1 heterocycles. The molecule has 66 valence electrons. The molecule has 1 aliphatic rings. The molecule has 0 saturated heterocycles. The predicted octanol–water partition coefficient (Wildman–Crippen LogP) is -0.112. The van der Waals surface area contributed by atoms with E-state index in [0.29, 0.717) is 5.84 Å². The topological polar surface area (TPSA) is 78.8 Å². The van der Waals surface area contributed by atoms with Gasteiger partial charge in [-0.1, -0.05) is 6.08 Å². The molecular weight excluding hydrogens is 156 g/mol. The fraction of sp³-hybridized carbons (Fsp3) is 0.375. The van der Waals surface area contributed by atoms with Crippen LogP contribution in [0.4, 0.5) is 0 Å². The van der Waals surface area contributed by atoms with Crippen LogP contribution in [-0.4, -0.2) is 22.3 Å². The number of hydrogen-bond donors (Lipinski definition) is 3. The maximum atomic E-state index is 8.52. The van der Waals surface area contributed by atoms with Gasteiger partial charge < -0.3 is 15.9 Å². The number of aliphatic imine (C=N–C) groups is 1. The summed E-state index contributed by atoms with van der Waals surface area (Å²) in [5.74, 6) is 0.622. The van der Waals surface area contributed by atoms with Crippen LogP contribution >= 0.6 is 0 Å². The lowest BCUT2D eigenvalue weighted by molar-refractivity contribution is 0.00233. The van der Waals surface area contributed by atoms with Crippen LogP contribution < -0.4 is 5.73 Å². The predicted molar refractivity (Wildman–Crippen MR) is 46.3 cm³/mol. The van der Waals surface area contributed by atoms with E-state index in [0.717, 1.165) is 18.4 Å². The maximum Gasteiger partial charge on any atom is 0.171 e. The van der Waals surface area contributed by atoms with Gasteiger partial charge in [0.1, 0.15) is 0 Å². The van der Waals surface area contributed by atoms with Gasteiger partial charge >= 0.3 is 0 Å². The van der Waals surface area contributed by atoms with Crippen LogP contribution in [0.25, 0.3) is 0 Å². The van der Waals surface area contributed by atoms with Crippen molar-refractivity contribution in [3.63, 3.8) is 0 Å². The number of nitrogens with two attached hydrogens (primary N) is 1. The molecule has 4 nitrogen and oxygen atoms in total. The first kappa shape index (κ1) is 8.96. The molecule has 4 heteroatoms. The third-order valence-corrected chi connectivity index (χ3v) is 1.55. The van der Waals surface area contributed by atoms with Crippen LogP contribution in [0.2, 0.25) is 0 Å². The molecule has 0 fully saturated rings. The van der Waals surface area contributed by atoms with Gasteiger partial charge in [-0.25, -0.2) is 4.99 Å². The van der Waals surface area contributed by atoms with Crippen molar-refractivity contribution in [3.05, 3.63) is 23.9 Å². The van der Waals surface area contributed by atoms with E-state index in [2.05, 4.69) is 4.99 Å². The third-order valence-electron chi connectivity index (χ3n) is 1.55. The molecule has 1 aliphatic heterocycles. The maximum absolute atomic E-state index is 8.52. The second-order valence-electron chi connectivity index (χ2n) is 2.60. The van der Waals surface area contributed by atoms with Crippen LogP contribution in [0.5, 0.6) is 0 Å². The van der Waals surface area contributed by atoms with Crippen LogP contribution in [0.15, 0.2) is 28.9 Å². The zero-order valence-electron chi connectivity index (χ0n) is 6.64. The molecule has 12 heavy (non-hydrogen) atoms. The second-order valence-corrected chi connectivity index (χ2v) is 2.60. The molecule has 0 atom stereocenters. The summed E-state index contributed by atoms with van der Waals surface area (Å²) >= 11 is 0. The molecule has 0 aromatic carbocycles. The Labute approximate surface area is 70.7 Å². The summed E-state index contributed by atoms with van der Waals surface area (Å²) in [5.41, 5.74) is 6.39. The first-order valence-corrected chi connectivity index (χ1v) is 3.74. The van der Waals surface area contributed by atoms with Crippen molar-refractivity contribution in [2.45, 2.75) is 19.1 Å². The van der Waals surface area contributed by atoms with Crippen molar-refractivity contribution in [1.82, 2.24) is 0 Å². The van der Waals surface area contributed by atoms with Gasteiger partial charge in [-0.05, 0) is 18.1 Å². The summed E-state index contributed by atoms with van der Waals surface area (Å²) in [7, 11) is 0. The summed E-state index contributed by atoms with van der Waals surface area (Å²) in [6.07, 6.45) is 4.71. The van der Waals surface area contributed by atoms with E-state index in [4.69, 9.17) is 15.9 Å². The molecule has 0 amide bonds. The Morgan fingerprint density at radius 2 is 2.25 bits per heavy atom. The average Bonchev–Trinajstić information content (AvgIpc) is 2.03. The van der Waals surface area contributed by atoms with Gasteiger partial charge in [-0.3, -0.25) is 0 Å². The highest BCUT2D eigenvalue weighted by atomic mass is 16.5. The van der Waals surface area contributed by atoms with Crippen molar-refractivity contribution in [2.75, 3.05) is 0 Å². The minimum atomic E-state index is -1.39. The van der Waals surface area contributed by atoms with Gasteiger partial charge in [0, 0.05) is 12.6 Å². The zero-order valence-corrected chi connectivity index (χ0v) is 6.64. The Morgan fingerprint density at radius 1 is 1.50 bits per heavy atom. The number of nitrogens with zero attached hydrogens (tertiary/aromatic N) is 1. The Bertz CT molecular complexity index is 241. The highest BCUT2D eigenvalue weighted by Gasteiger charge is 2.01. The summed E-state index contributed by atoms with van der Waals surface area (Å²) in [4.78, 5) is 3.91. The third kappa shape index (κ3) is 2.86. The lowest BCUT2D eigenvalue weighted by Crippen LogP contribution is -2.13. The highest BCUT2D eigenvalue weighted by Crippen LogP contribution is 2.11. The van der Waals surface area contributed by atoms with Gasteiger partial charge in [-0.15, -0.1) is 0 Å². The first-order chi connectivity index (χ1) is 5.68. The minimum absolute atomic E-state index is 0.622. The number of aliphatic hydroxyl groups is 2. The molecule has 4 N–H and O–H groups in total. The highest BCUT2D eigenvalue weighted by molar-refractivity contribution is 5.82. The number of aliphatic hydroxyl groups excluding tert-OH is 1. The molecule has 0 aliphatic carbocycles. The summed E-state index contributed by atoms with van der Waals surface area (Å²) in [6.45, 7) is 0. The quantitative estimate of drug-likeness (QED) is 0.503. The zero-order chi connectivity index (χ0) is 8.97. The van der Waals surface area contributed by atoms with Gasteiger partial charge in [-0.2, -0.15) is 0 Å². The van der Waals surface area contributed by atoms with E-state index in [1.54, 1.807) is 12.3 Å². The van der Waals surface area contributed by atoms with E-state index in [1.165, 1.54) is 6.08 Å². The number of rotatable bonds is 2. The summed E-state index contributed by atoms with van der Waals surface area (Å²) in [5, 5.41) is 17.0. The summed E-state index contributed by atoms with van der Waals surface area (Å²) < 4.78 is 0. The standard InChI is InChI=1S/C8H12N2O2/c9-7-3-1-6(5-10-7)2-4-8(11)12/h2,4-5,8,11-12H,1,3H2,(H2,9,10). The van der Waals surface area contributed by atoms with Crippen molar-refractivity contribution < 1.29 is 10.2 Å². The van der Waals surface area contributed by atoms with Crippen LogP contribution in [0.3, 0.4) is 0 Å². The Morgan fingerprint density at radius 3 is 2.75 bits per heavy atom. The Balaban J connectivity index is 2.55. The van der Waals surface area contributed by atoms with E-state index in [9.17, 15) is 0 Å². The van der Waals surface area contributed by atoms with Gasteiger partial charge in [0.05, 0.1) is 5.84 Å². The van der Waals surface area contributed by atoms with E-state index in [-0.39, 0.29) is 0 Å². The number of hydrogen-bond acceptors (Lipinski definition) is 4. The van der Waals surface area contributed by atoms with Crippen LogP contribution in [0, 0.1) is 0 Å². The molecule has 0 aromatic rings. The molecule has 1 rings (SSSR count). The monoisotopic (exact) mass is 168 g/mol. The van der Waals surface area contributed by atoms with Crippen molar-refractivity contribution in [2.24, 2.45) is 10.7 Å². The lowest BCUT2D eigenvalue weighted by Gasteiger charge is -2.06. The molecule has 0 saturated carbocycles. The lowest BCUT2D eigenvalue weighted by atomic mass is 10.1. The number of amidine groups is 1. The Kier molecular flexibility index (Phi) is 3.01. The van der Waals surface area contributed by atoms with E-state index in [1.807, 2.05) is 0 Å². The van der Waals surface area contributed by atoms with E-state index < -0.39 is 6.29 Å². The smallest absolute Gasteiger partial charge is 0.171 e. The molecule has 0 bridgehead atoms.